The number of carboxylic acids is 1. The van der Waals surface area contributed by atoms with Gasteiger partial charge in [0.25, 0.3) is 0 Å². The number of piperazine rings is 1. The number of alkyl halides is 3. The van der Waals surface area contributed by atoms with E-state index in [-0.39, 0.29) is 29.3 Å². The molecule has 2 N–H and O–H groups in total. The number of aromatic carboxylic acids is 1. The van der Waals surface area contributed by atoms with Crippen molar-refractivity contribution in [3.63, 3.8) is 0 Å². The van der Waals surface area contributed by atoms with E-state index >= 15 is 0 Å². The molecule has 0 unspecified atom stereocenters. The van der Waals surface area contributed by atoms with Crippen LogP contribution in [0.3, 0.4) is 0 Å². The summed E-state index contributed by atoms with van der Waals surface area (Å²) in [5.74, 6) is -1.16. The van der Waals surface area contributed by atoms with E-state index in [4.69, 9.17) is 9.47 Å². The molecule has 1 amide bonds. The second-order valence-corrected chi connectivity index (χ2v) is 7.42. The van der Waals surface area contributed by atoms with Gasteiger partial charge in [-0.1, -0.05) is 6.07 Å². The Morgan fingerprint density at radius 2 is 1.67 bits per heavy atom. The number of anilines is 2. The molecule has 8 nitrogen and oxygen atoms in total. The Morgan fingerprint density at radius 3 is 2.24 bits per heavy atom. The van der Waals surface area contributed by atoms with Crippen LogP contribution in [0.15, 0.2) is 36.4 Å². The Morgan fingerprint density at radius 1 is 1.03 bits per heavy atom. The number of hydrogen-bond acceptors (Lipinski definition) is 6. The van der Waals surface area contributed by atoms with E-state index in [0.717, 1.165) is 12.1 Å². The Hall–Kier alpha value is -3.47. The molecule has 33 heavy (non-hydrogen) atoms. The third-order valence-corrected chi connectivity index (χ3v) is 5.31. The number of ether oxygens (including phenoxy) is 2. The first-order chi connectivity index (χ1) is 15.6. The highest BCUT2D eigenvalue weighted by Gasteiger charge is 2.31. The minimum Gasteiger partial charge on any atom is -0.493 e. The van der Waals surface area contributed by atoms with Gasteiger partial charge in [0, 0.05) is 44.0 Å². The van der Waals surface area contributed by atoms with Gasteiger partial charge in [-0.05, 0) is 18.2 Å². The lowest BCUT2D eigenvalue weighted by Gasteiger charge is -2.36. The first-order valence-electron chi connectivity index (χ1n) is 10.1. The number of carbonyl (C=O) groups excluding carboxylic acids is 1. The van der Waals surface area contributed by atoms with Gasteiger partial charge in [0.15, 0.2) is 11.5 Å². The number of methoxy groups -OCH3 is 2. The van der Waals surface area contributed by atoms with Crippen molar-refractivity contribution < 1.29 is 37.3 Å². The molecule has 2 aromatic rings. The van der Waals surface area contributed by atoms with Gasteiger partial charge in [-0.25, -0.2) is 4.79 Å². The monoisotopic (exact) mass is 467 g/mol. The van der Waals surface area contributed by atoms with Gasteiger partial charge in [0.2, 0.25) is 5.91 Å². The zero-order valence-corrected chi connectivity index (χ0v) is 18.1. The van der Waals surface area contributed by atoms with Gasteiger partial charge in [-0.2, -0.15) is 13.2 Å². The fourth-order valence-electron chi connectivity index (χ4n) is 3.60. The van der Waals surface area contributed by atoms with Crippen LogP contribution in [0.2, 0.25) is 0 Å². The molecular formula is C22H24F3N3O5. The van der Waals surface area contributed by atoms with Crippen LogP contribution in [-0.2, 0) is 11.0 Å². The van der Waals surface area contributed by atoms with E-state index in [2.05, 4.69) is 5.32 Å². The fraction of sp³-hybridized carbons (Fsp3) is 0.364. The quantitative estimate of drug-likeness (QED) is 0.646. The topological polar surface area (TPSA) is 91.3 Å². The van der Waals surface area contributed by atoms with E-state index in [1.807, 2.05) is 9.80 Å². The zero-order chi connectivity index (χ0) is 24.2. The van der Waals surface area contributed by atoms with Gasteiger partial charge in [0.05, 0.1) is 37.6 Å². The van der Waals surface area contributed by atoms with Gasteiger partial charge in [-0.3, -0.25) is 9.69 Å². The molecule has 11 heteroatoms. The van der Waals surface area contributed by atoms with Crippen LogP contribution in [0.4, 0.5) is 24.5 Å². The summed E-state index contributed by atoms with van der Waals surface area (Å²) < 4.78 is 49.2. The SMILES string of the molecule is COc1cc(NC(=O)CN2CCN(c3cccc(C(F)(F)F)c3)CC2)c(C(=O)O)cc1OC. The van der Waals surface area contributed by atoms with Crippen LogP contribution >= 0.6 is 0 Å². The highest BCUT2D eigenvalue weighted by atomic mass is 19.4. The van der Waals surface area contributed by atoms with Crippen molar-refractivity contribution in [1.29, 1.82) is 0 Å². The van der Waals surface area contributed by atoms with Crippen molar-refractivity contribution in [2.45, 2.75) is 6.18 Å². The van der Waals surface area contributed by atoms with Crippen molar-refractivity contribution in [3.8, 4) is 11.5 Å². The van der Waals surface area contributed by atoms with Crippen molar-refractivity contribution in [1.82, 2.24) is 4.90 Å². The van der Waals surface area contributed by atoms with E-state index < -0.39 is 23.6 Å². The lowest BCUT2D eigenvalue weighted by molar-refractivity contribution is -0.137. The molecule has 0 atom stereocenters. The first-order valence-corrected chi connectivity index (χ1v) is 10.1. The summed E-state index contributed by atoms with van der Waals surface area (Å²) in [6.07, 6.45) is -4.41. The predicted molar refractivity (Wildman–Crippen MR) is 115 cm³/mol. The van der Waals surface area contributed by atoms with Crippen LogP contribution in [0.1, 0.15) is 15.9 Å². The molecule has 1 saturated heterocycles. The summed E-state index contributed by atoms with van der Waals surface area (Å²) in [5, 5.41) is 12.1. The maximum absolute atomic E-state index is 13.0. The standard InChI is InChI=1S/C22H24F3N3O5/c1-32-18-11-16(21(30)31)17(12-19(18)33-2)26-20(29)13-27-6-8-28(9-7-27)15-5-3-4-14(10-15)22(23,24)25/h3-5,10-12H,6-9,13H2,1-2H3,(H,26,29)(H,30,31). The summed E-state index contributed by atoms with van der Waals surface area (Å²) in [6, 6.07) is 7.80. The molecule has 1 fully saturated rings. The van der Waals surface area contributed by atoms with Crippen molar-refractivity contribution in [2.24, 2.45) is 0 Å². The molecule has 0 bridgehead atoms. The molecule has 1 aliphatic rings. The second kappa shape index (κ2) is 9.99. The highest BCUT2D eigenvalue weighted by Crippen LogP contribution is 2.34. The zero-order valence-electron chi connectivity index (χ0n) is 18.1. The maximum Gasteiger partial charge on any atom is 0.416 e. The minimum atomic E-state index is -4.41. The largest absolute Gasteiger partial charge is 0.493 e. The maximum atomic E-state index is 13.0. The van der Waals surface area contributed by atoms with Gasteiger partial charge >= 0.3 is 12.1 Å². The molecule has 0 saturated carbocycles. The van der Waals surface area contributed by atoms with E-state index in [0.29, 0.717) is 31.9 Å². The average molecular weight is 467 g/mol. The minimum absolute atomic E-state index is 0.00380. The molecule has 0 aliphatic carbocycles. The summed E-state index contributed by atoms with van der Waals surface area (Å²) in [4.78, 5) is 27.8. The number of benzene rings is 2. The summed E-state index contributed by atoms with van der Waals surface area (Å²) in [5.41, 5.74) is -0.292. The molecular weight excluding hydrogens is 443 g/mol. The van der Waals surface area contributed by atoms with Gasteiger partial charge in [0.1, 0.15) is 0 Å². The molecule has 2 aromatic carbocycles. The van der Waals surface area contributed by atoms with Crippen LogP contribution in [0.25, 0.3) is 0 Å². The van der Waals surface area contributed by atoms with E-state index in [1.165, 1.54) is 32.4 Å². The summed E-state index contributed by atoms with van der Waals surface area (Å²) >= 11 is 0. The molecule has 0 spiro atoms. The number of nitrogens with zero attached hydrogens (tertiary/aromatic N) is 2. The number of nitrogens with one attached hydrogen (secondary N) is 1. The van der Waals surface area contributed by atoms with Crippen molar-refractivity contribution in [2.75, 3.05) is 57.2 Å². The number of carboxylic acid groups (broad SMARTS) is 1. The molecule has 3 rings (SSSR count). The highest BCUT2D eigenvalue weighted by molar-refractivity contribution is 6.02. The van der Waals surface area contributed by atoms with Crippen LogP contribution in [-0.4, -0.2) is 68.8 Å². The third kappa shape index (κ3) is 5.86. The average Bonchev–Trinajstić information content (AvgIpc) is 2.78. The number of rotatable bonds is 7. The molecule has 1 aliphatic heterocycles. The predicted octanol–water partition coefficient (Wildman–Crippen LogP) is 3.18. The lowest BCUT2D eigenvalue weighted by atomic mass is 10.1. The Bertz CT molecular complexity index is 1020. The van der Waals surface area contributed by atoms with Crippen LogP contribution in [0, 0.1) is 0 Å². The number of carbonyl (C=O) groups is 2. The van der Waals surface area contributed by atoms with Gasteiger partial charge in [-0.15, -0.1) is 0 Å². The van der Waals surface area contributed by atoms with E-state index in [1.54, 1.807) is 6.07 Å². The summed E-state index contributed by atoms with van der Waals surface area (Å²) in [6.45, 7) is 1.82. The van der Waals surface area contributed by atoms with Crippen molar-refractivity contribution >= 4 is 23.3 Å². The third-order valence-electron chi connectivity index (χ3n) is 5.31. The molecule has 178 valence electrons. The van der Waals surface area contributed by atoms with Crippen LogP contribution in [0.5, 0.6) is 11.5 Å². The lowest BCUT2D eigenvalue weighted by Crippen LogP contribution is -2.48. The van der Waals surface area contributed by atoms with E-state index in [9.17, 15) is 27.9 Å². The summed E-state index contributed by atoms with van der Waals surface area (Å²) in [7, 11) is 2.77. The second-order valence-electron chi connectivity index (χ2n) is 7.42. The molecule has 1 heterocycles. The smallest absolute Gasteiger partial charge is 0.416 e. The number of hydrogen-bond donors (Lipinski definition) is 2. The number of halogens is 3. The molecule has 0 aromatic heterocycles. The Balaban J connectivity index is 1.62. The molecule has 0 radical (unpaired) electrons. The van der Waals surface area contributed by atoms with Gasteiger partial charge < -0.3 is 24.8 Å². The van der Waals surface area contributed by atoms with Crippen molar-refractivity contribution in [3.05, 3.63) is 47.5 Å². The number of amides is 1. The first kappa shape index (κ1) is 24.2. The van der Waals surface area contributed by atoms with Crippen LogP contribution < -0.4 is 19.7 Å². The normalized spacial score (nSPS) is 14.6. The Kier molecular flexibility index (Phi) is 7.32. The fourth-order valence-corrected chi connectivity index (χ4v) is 3.60. The Labute approximate surface area is 188 Å².